The van der Waals surface area contributed by atoms with E-state index < -0.39 is 0 Å². The number of hydrogen-bond donors (Lipinski definition) is 1. The molecule has 1 fully saturated rings. The van der Waals surface area contributed by atoms with E-state index in [-0.39, 0.29) is 0 Å². The molecule has 0 unspecified atom stereocenters. The van der Waals surface area contributed by atoms with Crippen LogP contribution in [0.15, 0.2) is 36.5 Å². The SMILES string of the molecule is CCOC1CC(NCc2ccnc3ccccc23)C1. The van der Waals surface area contributed by atoms with E-state index in [0.717, 1.165) is 31.5 Å². The van der Waals surface area contributed by atoms with Crippen LogP contribution in [0.2, 0.25) is 0 Å². The second-order valence-electron chi connectivity index (χ2n) is 5.11. The Kier molecular flexibility index (Phi) is 3.76. The van der Waals surface area contributed by atoms with Gasteiger partial charge in [0.05, 0.1) is 11.6 Å². The average Bonchev–Trinajstić information content (AvgIpc) is 2.41. The standard InChI is InChI=1S/C16H20N2O/c1-2-19-14-9-13(10-14)18-11-12-7-8-17-16-6-4-3-5-15(12)16/h3-8,13-14,18H,2,9-11H2,1H3. The maximum atomic E-state index is 5.58. The summed E-state index contributed by atoms with van der Waals surface area (Å²) in [5.74, 6) is 0. The third-order valence-corrected chi connectivity index (χ3v) is 3.82. The number of nitrogens with zero attached hydrogens (tertiary/aromatic N) is 1. The molecule has 0 bridgehead atoms. The van der Waals surface area contributed by atoms with Crippen molar-refractivity contribution < 1.29 is 4.74 Å². The van der Waals surface area contributed by atoms with Crippen molar-refractivity contribution >= 4 is 10.9 Å². The molecular formula is C16H20N2O. The molecule has 19 heavy (non-hydrogen) atoms. The number of ether oxygens (including phenoxy) is 1. The first-order valence-corrected chi connectivity index (χ1v) is 7.04. The van der Waals surface area contributed by atoms with Crippen LogP contribution < -0.4 is 5.32 Å². The van der Waals surface area contributed by atoms with Gasteiger partial charge in [0.15, 0.2) is 0 Å². The van der Waals surface area contributed by atoms with Crippen LogP contribution in [0.5, 0.6) is 0 Å². The number of nitrogens with one attached hydrogen (secondary N) is 1. The molecule has 1 heterocycles. The van der Waals surface area contributed by atoms with E-state index in [1.54, 1.807) is 0 Å². The van der Waals surface area contributed by atoms with Crippen molar-refractivity contribution in [1.29, 1.82) is 0 Å². The zero-order valence-corrected chi connectivity index (χ0v) is 11.3. The molecule has 0 aliphatic heterocycles. The highest BCUT2D eigenvalue weighted by molar-refractivity contribution is 5.81. The fraction of sp³-hybridized carbons (Fsp3) is 0.438. The van der Waals surface area contributed by atoms with Gasteiger partial charge < -0.3 is 10.1 Å². The first-order valence-electron chi connectivity index (χ1n) is 7.04. The first-order chi connectivity index (χ1) is 9.36. The van der Waals surface area contributed by atoms with Gasteiger partial charge in [-0.3, -0.25) is 4.98 Å². The predicted molar refractivity (Wildman–Crippen MR) is 77.0 cm³/mol. The molecule has 3 heteroatoms. The molecule has 0 spiro atoms. The summed E-state index contributed by atoms with van der Waals surface area (Å²) in [6.45, 7) is 3.79. The minimum atomic E-state index is 0.469. The Morgan fingerprint density at radius 1 is 1.26 bits per heavy atom. The van der Waals surface area contributed by atoms with E-state index in [0.29, 0.717) is 12.1 Å². The van der Waals surface area contributed by atoms with Gasteiger partial charge in [0.2, 0.25) is 0 Å². The lowest BCUT2D eigenvalue weighted by Gasteiger charge is -2.35. The van der Waals surface area contributed by atoms with Crippen molar-refractivity contribution in [3.8, 4) is 0 Å². The molecule has 1 aliphatic carbocycles. The smallest absolute Gasteiger partial charge is 0.0705 e. The summed E-state index contributed by atoms with van der Waals surface area (Å²) in [6, 6.07) is 11.0. The number of pyridine rings is 1. The van der Waals surface area contributed by atoms with Gasteiger partial charge in [-0.15, -0.1) is 0 Å². The molecule has 2 aromatic rings. The van der Waals surface area contributed by atoms with Crippen molar-refractivity contribution in [3.05, 3.63) is 42.1 Å². The Morgan fingerprint density at radius 3 is 2.95 bits per heavy atom. The summed E-state index contributed by atoms with van der Waals surface area (Å²) < 4.78 is 5.58. The summed E-state index contributed by atoms with van der Waals surface area (Å²) >= 11 is 0. The van der Waals surface area contributed by atoms with Gasteiger partial charge in [-0.05, 0) is 37.5 Å². The number of para-hydroxylation sites is 1. The molecule has 0 amide bonds. The molecule has 3 nitrogen and oxygen atoms in total. The third-order valence-electron chi connectivity index (χ3n) is 3.82. The topological polar surface area (TPSA) is 34.1 Å². The normalized spacial score (nSPS) is 22.4. The van der Waals surface area contributed by atoms with Gasteiger partial charge in [0.25, 0.3) is 0 Å². The fourth-order valence-corrected chi connectivity index (χ4v) is 2.67. The lowest BCUT2D eigenvalue weighted by molar-refractivity contribution is -0.0102. The molecule has 1 aromatic heterocycles. The van der Waals surface area contributed by atoms with Crippen LogP contribution >= 0.6 is 0 Å². The molecule has 3 rings (SSSR count). The van der Waals surface area contributed by atoms with E-state index in [2.05, 4.69) is 41.5 Å². The first kappa shape index (κ1) is 12.6. The van der Waals surface area contributed by atoms with E-state index in [1.807, 2.05) is 12.3 Å². The summed E-state index contributed by atoms with van der Waals surface area (Å²) in [5.41, 5.74) is 2.40. The van der Waals surface area contributed by atoms with E-state index in [1.165, 1.54) is 10.9 Å². The molecule has 0 atom stereocenters. The van der Waals surface area contributed by atoms with Crippen LogP contribution in [0.4, 0.5) is 0 Å². The lowest BCUT2D eigenvalue weighted by atomic mass is 9.89. The number of fused-ring (bicyclic) bond motifs is 1. The summed E-state index contributed by atoms with van der Waals surface area (Å²) in [7, 11) is 0. The van der Waals surface area contributed by atoms with Crippen LogP contribution in [0.25, 0.3) is 10.9 Å². The molecule has 100 valence electrons. The van der Waals surface area contributed by atoms with Crippen LogP contribution in [0.1, 0.15) is 25.3 Å². The highest BCUT2D eigenvalue weighted by Crippen LogP contribution is 2.24. The summed E-state index contributed by atoms with van der Waals surface area (Å²) in [4.78, 5) is 4.39. The average molecular weight is 256 g/mol. The van der Waals surface area contributed by atoms with Crippen LogP contribution in [-0.2, 0) is 11.3 Å². The predicted octanol–water partition coefficient (Wildman–Crippen LogP) is 2.89. The van der Waals surface area contributed by atoms with Crippen molar-refractivity contribution in [1.82, 2.24) is 10.3 Å². The maximum Gasteiger partial charge on any atom is 0.0705 e. The van der Waals surface area contributed by atoms with Crippen molar-refractivity contribution in [2.75, 3.05) is 6.61 Å². The number of hydrogen-bond acceptors (Lipinski definition) is 3. The van der Waals surface area contributed by atoms with Crippen molar-refractivity contribution in [2.24, 2.45) is 0 Å². The van der Waals surface area contributed by atoms with Gasteiger partial charge in [-0.25, -0.2) is 0 Å². The van der Waals surface area contributed by atoms with E-state index in [4.69, 9.17) is 4.74 Å². The molecule has 1 N–H and O–H groups in total. The quantitative estimate of drug-likeness (QED) is 0.893. The molecule has 0 saturated heterocycles. The third kappa shape index (κ3) is 2.77. The molecule has 1 saturated carbocycles. The largest absolute Gasteiger partial charge is 0.378 e. The Balaban J connectivity index is 1.60. The highest BCUT2D eigenvalue weighted by atomic mass is 16.5. The van der Waals surface area contributed by atoms with Gasteiger partial charge >= 0.3 is 0 Å². The van der Waals surface area contributed by atoms with Crippen LogP contribution in [0, 0.1) is 0 Å². The lowest BCUT2D eigenvalue weighted by Crippen LogP contribution is -2.45. The van der Waals surface area contributed by atoms with Gasteiger partial charge in [-0.1, -0.05) is 18.2 Å². The fourth-order valence-electron chi connectivity index (χ4n) is 2.67. The monoisotopic (exact) mass is 256 g/mol. The second kappa shape index (κ2) is 5.68. The van der Waals surface area contributed by atoms with Crippen molar-refractivity contribution in [2.45, 2.75) is 38.5 Å². The Morgan fingerprint density at radius 2 is 2.11 bits per heavy atom. The van der Waals surface area contributed by atoms with Gasteiger partial charge in [0.1, 0.15) is 0 Å². The molecular weight excluding hydrogens is 236 g/mol. The minimum Gasteiger partial charge on any atom is -0.378 e. The zero-order chi connectivity index (χ0) is 13.1. The maximum absolute atomic E-state index is 5.58. The molecule has 1 aromatic carbocycles. The van der Waals surface area contributed by atoms with Crippen LogP contribution in [0.3, 0.4) is 0 Å². The van der Waals surface area contributed by atoms with E-state index in [9.17, 15) is 0 Å². The Hall–Kier alpha value is -1.45. The number of aromatic nitrogens is 1. The van der Waals surface area contributed by atoms with Crippen molar-refractivity contribution in [3.63, 3.8) is 0 Å². The summed E-state index contributed by atoms with van der Waals surface area (Å²) in [6.07, 6.45) is 4.63. The highest BCUT2D eigenvalue weighted by Gasteiger charge is 2.28. The Labute approximate surface area is 114 Å². The molecule has 1 aliphatic rings. The molecule has 0 radical (unpaired) electrons. The van der Waals surface area contributed by atoms with Gasteiger partial charge in [-0.2, -0.15) is 0 Å². The van der Waals surface area contributed by atoms with Gasteiger partial charge in [0, 0.05) is 30.8 Å². The summed E-state index contributed by atoms with van der Waals surface area (Å²) in [5, 5.41) is 4.86. The van der Waals surface area contributed by atoms with E-state index >= 15 is 0 Å². The second-order valence-corrected chi connectivity index (χ2v) is 5.11. The minimum absolute atomic E-state index is 0.469. The van der Waals surface area contributed by atoms with Crippen LogP contribution in [-0.4, -0.2) is 23.7 Å². The Bertz CT molecular complexity index is 544. The number of rotatable bonds is 5. The zero-order valence-electron chi connectivity index (χ0n) is 11.3. The number of benzene rings is 1.